The molecule has 2 heterocycles. The summed E-state index contributed by atoms with van der Waals surface area (Å²) in [5, 5.41) is 3.23. The second kappa shape index (κ2) is 5.87. The van der Waals surface area contributed by atoms with Gasteiger partial charge in [-0.3, -0.25) is 14.6 Å². The molecule has 0 aromatic carbocycles. The Morgan fingerprint density at radius 2 is 2.19 bits per heavy atom. The first kappa shape index (κ1) is 14.9. The quantitative estimate of drug-likeness (QED) is 0.858. The van der Waals surface area contributed by atoms with Crippen molar-refractivity contribution in [3.05, 3.63) is 29.9 Å². The van der Waals surface area contributed by atoms with Gasteiger partial charge in [0.25, 0.3) is 0 Å². The van der Waals surface area contributed by atoms with Crippen LogP contribution in [0.4, 0.5) is 13.2 Å². The van der Waals surface area contributed by atoms with Crippen LogP contribution in [0, 0.1) is 0 Å². The van der Waals surface area contributed by atoms with Gasteiger partial charge in [-0.25, -0.2) is 5.48 Å². The zero-order valence-electron chi connectivity index (χ0n) is 10.6. The number of pyridine rings is 1. The lowest BCUT2D eigenvalue weighted by Crippen LogP contribution is -2.23. The lowest BCUT2D eigenvalue weighted by Gasteiger charge is -2.02. The van der Waals surface area contributed by atoms with Crippen LogP contribution in [-0.4, -0.2) is 28.1 Å². The van der Waals surface area contributed by atoms with E-state index in [1.807, 2.05) is 0 Å². The summed E-state index contributed by atoms with van der Waals surface area (Å²) in [7, 11) is 1.29. The predicted molar refractivity (Wildman–Crippen MR) is 61.4 cm³/mol. The number of hydrogen-bond donors (Lipinski definition) is 1. The summed E-state index contributed by atoms with van der Waals surface area (Å²) in [6, 6.07) is 2.90. The number of aromatic nitrogens is 3. The normalized spacial score (nSPS) is 11.4. The highest BCUT2D eigenvalue weighted by Crippen LogP contribution is 2.29. The highest BCUT2D eigenvalue weighted by atomic mass is 19.4. The largest absolute Gasteiger partial charge is 0.471 e. The Morgan fingerprint density at radius 1 is 1.43 bits per heavy atom. The Morgan fingerprint density at radius 3 is 2.71 bits per heavy atom. The molecule has 0 aliphatic carbocycles. The number of nitrogens with one attached hydrogen (secondary N) is 1. The molecule has 0 saturated heterocycles. The van der Waals surface area contributed by atoms with Crippen molar-refractivity contribution >= 4 is 5.91 Å². The van der Waals surface area contributed by atoms with E-state index in [-0.39, 0.29) is 17.8 Å². The summed E-state index contributed by atoms with van der Waals surface area (Å²) < 4.78 is 41.1. The molecule has 0 aliphatic heterocycles. The SMILES string of the molecule is CONC(=O)Cc1ccc(-c2noc(C(F)(F)F)n2)cn1. The number of nitrogens with zero attached hydrogens (tertiary/aromatic N) is 3. The number of alkyl halides is 3. The minimum atomic E-state index is -4.70. The molecular formula is C11H9F3N4O3. The van der Waals surface area contributed by atoms with Crippen molar-refractivity contribution in [3.8, 4) is 11.4 Å². The average Bonchev–Trinajstić information content (AvgIpc) is 2.89. The molecule has 1 N–H and O–H groups in total. The van der Waals surface area contributed by atoms with Crippen LogP contribution in [0.5, 0.6) is 0 Å². The van der Waals surface area contributed by atoms with Gasteiger partial charge in [-0.05, 0) is 12.1 Å². The van der Waals surface area contributed by atoms with Gasteiger partial charge in [0.05, 0.1) is 13.5 Å². The van der Waals surface area contributed by atoms with Crippen LogP contribution >= 0.6 is 0 Å². The average molecular weight is 302 g/mol. The van der Waals surface area contributed by atoms with E-state index in [1.54, 1.807) is 0 Å². The maximum absolute atomic E-state index is 12.3. The van der Waals surface area contributed by atoms with Crippen molar-refractivity contribution in [1.29, 1.82) is 0 Å². The Hall–Kier alpha value is -2.49. The Labute approximate surface area is 116 Å². The van der Waals surface area contributed by atoms with Crippen molar-refractivity contribution in [2.75, 3.05) is 7.11 Å². The van der Waals surface area contributed by atoms with Crippen molar-refractivity contribution in [3.63, 3.8) is 0 Å². The minimum absolute atomic E-state index is 0.0336. The number of carbonyl (C=O) groups is 1. The smallest absolute Gasteiger partial charge is 0.329 e. The molecule has 0 aliphatic rings. The minimum Gasteiger partial charge on any atom is -0.329 e. The fourth-order valence-corrected chi connectivity index (χ4v) is 1.43. The molecule has 2 aromatic heterocycles. The van der Waals surface area contributed by atoms with E-state index in [0.29, 0.717) is 5.69 Å². The standard InChI is InChI=1S/C11H9F3N4O3/c1-20-17-8(19)4-7-3-2-6(5-15-7)9-16-10(21-18-9)11(12,13)14/h2-3,5H,4H2,1H3,(H,17,19). The molecule has 1 amide bonds. The number of halogens is 3. The highest BCUT2D eigenvalue weighted by molar-refractivity contribution is 5.77. The van der Waals surface area contributed by atoms with Crippen molar-refractivity contribution < 1.29 is 27.3 Å². The summed E-state index contributed by atoms with van der Waals surface area (Å²) >= 11 is 0. The van der Waals surface area contributed by atoms with Crippen LogP contribution in [0.25, 0.3) is 11.4 Å². The number of amides is 1. The van der Waals surface area contributed by atoms with E-state index in [9.17, 15) is 18.0 Å². The van der Waals surface area contributed by atoms with Gasteiger partial charge in [0.2, 0.25) is 11.7 Å². The summed E-state index contributed by atoms with van der Waals surface area (Å²) in [4.78, 5) is 22.8. The summed E-state index contributed by atoms with van der Waals surface area (Å²) in [6.45, 7) is 0. The van der Waals surface area contributed by atoms with E-state index < -0.39 is 18.0 Å². The molecule has 2 rings (SSSR count). The monoisotopic (exact) mass is 302 g/mol. The molecule has 0 radical (unpaired) electrons. The third-order valence-corrected chi connectivity index (χ3v) is 2.31. The second-order valence-corrected chi connectivity index (χ2v) is 3.87. The first-order valence-corrected chi connectivity index (χ1v) is 5.58. The molecule has 0 atom stereocenters. The Bertz CT molecular complexity index is 624. The molecule has 0 fully saturated rings. The maximum Gasteiger partial charge on any atom is 0.471 e. The Kier molecular flexibility index (Phi) is 4.17. The zero-order chi connectivity index (χ0) is 15.5. The third kappa shape index (κ3) is 3.75. The van der Waals surface area contributed by atoms with Crippen LogP contribution < -0.4 is 5.48 Å². The zero-order valence-corrected chi connectivity index (χ0v) is 10.6. The van der Waals surface area contributed by atoms with E-state index in [4.69, 9.17) is 0 Å². The van der Waals surface area contributed by atoms with Gasteiger partial charge in [-0.15, -0.1) is 0 Å². The second-order valence-electron chi connectivity index (χ2n) is 3.87. The molecule has 21 heavy (non-hydrogen) atoms. The lowest BCUT2D eigenvalue weighted by molar-refractivity contribution is -0.159. The lowest BCUT2D eigenvalue weighted by atomic mass is 10.2. The van der Waals surface area contributed by atoms with Crippen molar-refractivity contribution in [2.24, 2.45) is 0 Å². The fraction of sp³-hybridized carbons (Fsp3) is 0.273. The van der Waals surface area contributed by atoms with Crippen LogP contribution in [0.2, 0.25) is 0 Å². The van der Waals surface area contributed by atoms with E-state index in [0.717, 1.165) is 0 Å². The van der Waals surface area contributed by atoms with Gasteiger partial charge in [0, 0.05) is 17.5 Å². The van der Waals surface area contributed by atoms with Gasteiger partial charge < -0.3 is 4.52 Å². The van der Waals surface area contributed by atoms with Crippen molar-refractivity contribution in [2.45, 2.75) is 12.6 Å². The number of hydroxylamine groups is 1. The molecule has 0 saturated carbocycles. The van der Waals surface area contributed by atoms with Crippen LogP contribution in [-0.2, 0) is 22.2 Å². The third-order valence-electron chi connectivity index (χ3n) is 2.31. The van der Waals surface area contributed by atoms with Gasteiger partial charge in [0.15, 0.2) is 0 Å². The van der Waals surface area contributed by atoms with E-state index in [2.05, 4.69) is 30.0 Å². The first-order valence-electron chi connectivity index (χ1n) is 5.58. The molecule has 0 spiro atoms. The molecule has 7 nitrogen and oxygen atoms in total. The number of carbonyl (C=O) groups excluding carboxylic acids is 1. The van der Waals surface area contributed by atoms with Crippen LogP contribution in [0.15, 0.2) is 22.9 Å². The highest BCUT2D eigenvalue weighted by Gasteiger charge is 2.38. The topological polar surface area (TPSA) is 90.1 Å². The summed E-state index contributed by atoms with van der Waals surface area (Å²) in [6.07, 6.45) is -3.48. The van der Waals surface area contributed by atoms with Gasteiger partial charge >= 0.3 is 12.1 Å². The molecule has 0 unspecified atom stereocenters. The Balaban J connectivity index is 2.12. The first-order chi connectivity index (χ1) is 9.90. The summed E-state index contributed by atoms with van der Waals surface area (Å²) in [5.41, 5.74) is 2.77. The number of hydrogen-bond acceptors (Lipinski definition) is 6. The molecule has 112 valence electrons. The predicted octanol–water partition coefficient (Wildman–Crippen LogP) is 1.37. The molecule has 2 aromatic rings. The van der Waals surface area contributed by atoms with E-state index in [1.165, 1.54) is 25.4 Å². The van der Waals surface area contributed by atoms with Crippen LogP contribution in [0.3, 0.4) is 0 Å². The van der Waals surface area contributed by atoms with Crippen LogP contribution in [0.1, 0.15) is 11.6 Å². The summed E-state index contributed by atoms with van der Waals surface area (Å²) in [5.74, 6) is -2.07. The fourth-order valence-electron chi connectivity index (χ4n) is 1.43. The van der Waals surface area contributed by atoms with Gasteiger partial charge in [-0.1, -0.05) is 5.16 Å². The maximum atomic E-state index is 12.3. The van der Waals surface area contributed by atoms with Gasteiger partial charge in [-0.2, -0.15) is 18.2 Å². The molecular weight excluding hydrogens is 293 g/mol. The molecule has 0 bridgehead atoms. The molecule has 10 heteroatoms. The van der Waals surface area contributed by atoms with Gasteiger partial charge in [0.1, 0.15) is 0 Å². The number of rotatable bonds is 4. The van der Waals surface area contributed by atoms with Crippen molar-refractivity contribution in [1.82, 2.24) is 20.6 Å². The van der Waals surface area contributed by atoms with E-state index >= 15 is 0 Å².